The summed E-state index contributed by atoms with van der Waals surface area (Å²) in [4.78, 5) is 14.4. The average Bonchev–Trinajstić information content (AvgIpc) is 2.30. The van der Waals surface area contributed by atoms with E-state index in [9.17, 15) is 4.79 Å². The van der Waals surface area contributed by atoms with Gasteiger partial charge in [-0.15, -0.1) is 0 Å². The lowest BCUT2D eigenvalue weighted by Crippen LogP contribution is -2.14. The largest absolute Gasteiger partial charge is 0.328 e. The van der Waals surface area contributed by atoms with Crippen LogP contribution in [0.2, 0.25) is 0 Å². The third kappa shape index (κ3) is 2.99. The van der Waals surface area contributed by atoms with Crippen LogP contribution in [0.15, 0.2) is 29.1 Å². The van der Waals surface area contributed by atoms with Gasteiger partial charge in [-0.3, -0.25) is 4.79 Å². The Labute approximate surface area is 107 Å². The molecular weight excluding hydrogens is 224 g/mol. The van der Waals surface area contributed by atoms with Crippen LogP contribution in [0.4, 0.5) is 0 Å². The molecule has 3 nitrogen and oxygen atoms in total. The van der Waals surface area contributed by atoms with Crippen molar-refractivity contribution in [1.82, 2.24) is 4.98 Å². The number of benzene rings is 1. The number of rotatable bonds is 4. The highest BCUT2D eigenvalue weighted by Gasteiger charge is 2.01. The van der Waals surface area contributed by atoms with Gasteiger partial charge in [0.15, 0.2) is 0 Å². The van der Waals surface area contributed by atoms with Gasteiger partial charge in [-0.2, -0.15) is 0 Å². The number of hydrogen-bond acceptors (Lipinski definition) is 2. The second kappa shape index (κ2) is 5.36. The molecule has 0 saturated carbocycles. The number of pyridine rings is 1. The first-order valence-corrected chi connectivity index (χ1v) is 6.44. The van der Waals surface area contributed by atoms with E-state index in [4.69, 9.17) is 5.73 Å². The van der Waals surface area contributed by atoms with Gasteiger partial charge in [0.05, 0.1) is 0 Å². The van der Waals surface area contributed by atoms with Gasteiger partial charge in [-0.1, -0.05) is 6.07 Å². The van der Waals surface area contributed by atoms with E-state index in [2.05, 4.69) is 17.1 Å². The minimum absolute atomic E-state index is 0.00722. The number of aromatic nitrogens is 1. The summed E-state index contributed by atoms with van der Waals surface area (Å²) in [5, 5.41) is 1.10. The Morgan fingerprint density at radius 2 is 2.11 bits per heavy atom. The van der Waals surface area contributed by atoms with Gasteiger partial charge >= 0.3 is 0 Å². The number of nitrogens with one attached hydrogen (secondary N) is 1. The predicted molar refractivity (Wildman–Crippen MR) is 75.9 cm³/mol. The molecule has 2 aromatic rings. The van der Waals surface area contributed by atoms with Crippen LogP contribution in [0, 0.1) is 6.92 Å². The van der Waals surface area contributed by atoms with Crippen LogP contribution in [0.1, 0.15) is 30.9 Å². The van der Waals surface area contributed by atoms with Gasteiger partial charge in [-0.05, 0) is 62.3 Å². The summed E-state index contributed by atoms with van der Waals surface area (Å²) in [6, 6.07) is 8.43. The Hall–Kier alpha value is -1.61. The third-order valence-corrected chi connectivity index (χ3v) is 3.22. The summed E-state index contributed by atoms with van der Waals surface area (Å²) in [5.74, 6) is 0. The van der Waals surface area contributed by atoms with E-state index in [-0.39, 0.29) is 11.6 Å². The van der Waals surface area contributed by atoms with Crippen LogP contribution >= 0.6 is 0 Å². The maximum absolute atomic E-state index is 11.5. The monoisotopic (exact) mass is 244 g/mol. The highest BCUT2D eigenvalue weighted by molar-refractivity contribution is 5.79. The number of hydrogen-bond donors (Lipinski definition) is 2. The Morgan fingerprint density at radius 3 is 2.83 bits per heavy atom. The second-order valence-electron chi connectivity index (χ2n) is 5.07. The van der Waals surface area contributed by atoms with Crippen LogP contribution < -0.4 is 11.3 Å². The molecule has 0 aliphatic carbocycles. The summed E-state index contributed by atoms with van der Waals surface area (Å²) in [5.41, 5.74) is 8.70. The zero-order valence-corrected chi connectivity index (χ0v) is 11.0. The van der Waals surface area contributed by atoms with Crippen molar-refractivity contribution in [1.29, 1.82) is 0 Å². The Balaban J connectivity index is 2.22. The Kier molecular flexibility index (Phi) is 3.82. The first-order chi connectivity index (χ1) is 8.56. The Bertz CT molecular complexity index is 599. The summed E-state index contributed by atoms with van der Waals surface area (Å²) >= 11 is 0. The summed E-state index contributed by atoms with van der Waals surface area (Å²) in [7, 11) is 0. The van der Waals surface area contributed by atoms with Gasteiger partial charge in [-0.25, -0.2) is 0 Å². The van der Waals surface area contributed by atoms with Gasteiger partial charge in [0, 0.05) is 17.1 Å². The highest BCUT2D eigenvalue weighted by Crippen LogP contribution is 2.15. The number of aryl methyl sites for hydroxylation is 2. The molecule has 18 heavy (non-hydrogen) atoms. The molecule has 1 atom stereocenters. The van der Waals surface area contributed by atoms with E-state index in [1.807, 2.05) is 26.0 Å². The molecule has 0 aliphatic rings. The smallest absolute Gasteiger partial charge is 0.251 e. The lowest BCUT2D eigenvalue weighted by atomic mass is 10.0. The van der Waals surface area contributed by atoms with Crippen molar-refractivity contribution in [3.63, 3.8) is 0 Å². The molecular formula is C15H20N2O. The number of nitrogens with two attached hydrogens (primary N) is 1. The summed E-state index contributed by atoms with van der Waals surface area (Å²) in [6.07, 6.45) is 3.18. The van der Waals surface area contributed by atoms with E-state index in [0.29, 0.717) is 0 Å². The molecule has 0 fully saturated rings. The summed E-state index contributed by atoms with van der Waals surface area (Å²) < 4.78 is 0. The van der Waals surface area contributed by atoms with Crippen LogP contribution in [-0.4, -0.2) is 11.0 Å². The quantitative estimate of drug-likeness (QED) is 0.868. The standard InChI is InChI=1S/C15H20N2O/c1-10-8-13-9-12(5-3-4-11(2)16)6-7-14(13)17-15(10)18/h6-9,11H,3-5,16H2,1-2H3,(H,17,18). The maximum atomic E-state index is 11.5. The van der Waals surface area contributed by atoms with Crippen molar-refractivity contribution in [3.05, 3.63) is 45.7 Å². The molecule has 3 heteroatoms. The predicted octanol–water partition coefficient (Wildman–Crippen LogP) is 2.51. The van der Waals surface area contributed by atoms with Crippen molar-refractivity contribution in [2.75, 3.05) is 0 Å². The summed E-state index contributed by atoms with van der Waals surface area (Å²) in [6.45, 7) is 3.87. The fourth-order valence-corrected chi connectivity index (χ4v) is 2.15. The molecule has 1 unspecified atom stereocenters. The van der Waals surface area contributed by atoms with Crippen LogP contribution in [0.5, 0.6) is 0 Å². The minimum atomic E-state index is -0.00722. The maximum Gasteiger partial charge on any atom is 0.251 e. The molecule has 1 aromatic heterocycles. The van der Waals surface area contributed by atoms with Gasteiger partial charge in [0.2, 0.25) is 0 Å². The SMILES string of the molecule is Cc1cc2cc(CCCC(C)N)ccc2[nH]c1=O. The number of H-pyrrole nitrogens is 1. The van der Waals surface area contributed by atoms with Crippen molar-refractivity contribution in [2.24, 2.45) is 5.73 Å². The lowest BCUT2D eigenvalue weighted by molar-refractivity contribution is 0.624. The minimum Gasteiger partial charge on any atom is -0.328 e. The van der Waals surface area contributed by atoms with E-state index in [0.717, 1.165) is 35.7 Å². The van der Waals surface area contributed by atoms with Crippen LogP contribution in [-0.2, 0) is 6.42 Å². The Morgan fingerprint density at radius 1 is 1.33 bits per heavy atom. The van der Waals surface area contributed by atoms with Gasteiger partial charge in [0.25, 0.3) is 5.56 Å². The molecule has 0 bridgehead atoms. The van der Waals surface area contributed by atoms with Crippen molar-refractivity contribution >= 4 is 10.9 Å². The lowest BCUT2D eigenvalue weighted by Gasteiger charge is -2.06. The average molecular weight is 244 g/mol. The zero-order chi connectivity index (χ0) is 13.1. The molecule has 1 heterocycles. The molecule has 0 spiro atoms. The number of aromatic amines is 1. The fraction of sp³-hybridized carbons (Fsp3) is 0.400. The van der Waals surface area contributed by atoms with Gasteiger partial charge in [0.1, 0.15) is 0 Å². The van der Waals surface area contributed by atoms with E-state index >= 15 is 0 Å². The molecule has 0 amide bonds. The first-order valence-electron chi connectivity index (χ1n) is 6.44. The highest BCUT2D eigenvalue weighted by atomic mass is 16.1. The van der Waals surface area contributed by atoms with Crippen LogP contribution in [0.25, 0.3) is 10.9 Å². The molecule has 0 saturated heterocycles. The zero-order valence-electron chi connectivity index (χ0n) is 11.0. The number of fused-ring (bicyclic) bond motifs is 1. The van der Waals surface area contributed by atoms with Crippen molar-refractivity contribution in [3.8, 4) is 0 Å². The van der Waals surface area contributed by atoms with Crippen LogP contribution in [0.3, 0.4) is 0 Å². The van der Waals surface area contributed by atoms with E-state index in [1.54, 1.807) is 0 Å². The molecule has 2 rings (SSSR count). The van der Waals surface area contributed by atoms with Crippen molar-refractivity contribution in [2.45, 2.75) is 39.2 Å². The molecule has 1 aromatic carbocycles. The molecule has 0 aliphatic heterocycles. The molecule has 0 radical (unpaired) electrons. The fourth-order valence-electron chi connectivity index (χ4n) is 2.15. The first kappa shape index (κ1) is 12.8. The van der Waals surface area contributed by atoms with E-state index < -0.39 is 0 Å². The molecule has 3 N–H and O–H groups in total. The van der Waals surface area contributed by atoms with Crippen molar-refractivity contribution < 1.29 is 0 Å². The topological polar surface area (TPSA) is 58.9 Å². The molecule has 96 valence electrons. The van der Waals surface area contributed by atoms with Gasteiger partial charge < -0.3 is 10.7 Å². The third-order valence-electron chi connectivity index (χ3n) is 3.22. The normalized spacial score (nSPS) is 12.8. The second-order valence-corrected chi connectivity index (χ2v) is 5.07. The van der Waals surface area contributed by atoms with E-state index in [1.165, 1.54) is 5.56 Å².